The van der Waals surface area contributed by atoms with Gasteiger partial charge in [-0.25, -0.2) is 13.1 Å². The van der Waals surface area contributed by atoms with Gasteiger partial charge in [-0.05, 0) is 57.4 Å². The highest BCUT2D eigenvalue weighted by atomic mass is 35.5. The van der Waals surface area contributed by atoms with Crippen LogP contribution in [0.15, 0.2) is 23.1 Å². The van der Waals surface area contributed by atoms with Crippen molar-refractivity contribution in [2.75, 3.05) is 0 Å². The zero-order valence-electron chi connectivity index (χ0n) is 11.2. The van der Waals surface area contributed by atoms with E-state index in [9.17, 15) is 8.42 Å². The molecule has 0 spiro atoms. The standard InChI is InChI=1S/C13H20ClNO2S/c1-9-5-6-13(7-10(9)2)18(16,17)15-12(4)8-11(3)14/h5-7,11-12,15H,8H2,1-4H3. The highest BCUT2D eigenvalue weighted by molar-refractivity contribution is 7.89. The van der Waals surface area contributed by atoms with E-state index in [1.54, 1.807) is 12.1 Å². The van der Waals surface area contributed by atoms with E-state index in [1.165, 1.54) is 0 Å². The van der Waals surface area contributed by atoms with Crippen LogP contribution in [0.3, 0.4) is 0 Å². The van der Waals surface area contributed by atoms with Gasteiger partial charge in [0.2, 0.25) is 10.0 Å². The van der Waals surface area contributed by atoms with Crippen molar-refractivity contribution >= 4 is 21.6 Å². The number of aryl methyl sites for hydroxylation is 2. The van der Waals surface area contributed by atoms with Crippen LogP contribution in [0.4, 0.5) is 0 Å². The number of nitrogens with one attached hydrogen (secondary N) is 1. The second-order valence-corrected chi connectivity index (χ2v) is 7.24. The Balaban J connectivity index is 2.89. The Labute approximate surface area is 115 Å². The molecule has 3 nitrogen and oxygen atoms in total. The lowest BCUT2D eigenvalue weighted by atomic mass is 10.1. The molecule has 0 aliphatic carbocycles. The molecule has 1 aromatic rings. The Hall–Kier alpha value is -0.580. The second-order valence-electron chi connectivity index (χ2n) is 4.78. The maximum atomic E-state index is 12.1. The minimum Gasteiger partial charge on any atom is -0.208 e. The Kier molecular flexibility index (Phi) is 5.20. The van der Waals surface area contributed by atoms with E-state index in [-0.39, 0.29) is 11.4 Å². The van der Waals surface area contributed by atoms with Gasteiger partial charge in [0.25, 0.3) is 0 Å². The van der Waals surface area contributed by atoms with Crippen LogP contribution in [0.5, 0.6) is 0 Å². The third kappa shape index (κ3) is 4.26. The fraction of sp³-hybridized carbons (Fsp3) is 0.538. The van der Waals surface area contributed by atoms with Crippen molar-refractivity contribution in [3.05, 3.63) is 29.3 Å². The highest BCUT2D eigenvalue weighted by Gasteiger charge is 2.18. The van der Waals surface area contributed by atoms with E-state index in [4.69, 9.17) is 11.6 Å². The molecule has 0 aromatic heterocycles. The van der Waals surface area contributed by atoms with E-state index in [2.05, 4.69) is 4.72 Å². The number of halogens is 1. The summed E-state index contributed by atoms with van der Waals surface area (Å²) in [5.41, 5.74) is 2.05. The largest absolute Gasteiger partial charge is 0.240 e. The molecule has 0 saturated carbocycles. The molecule has 2 atom stereocenters. The molecule has 0 aliphatic heterocycles. The quantitative estimate of drug-likeness (QED) is 0.847. The first-order valence-electron chi connectivity index (χ1n) is 5.96. The molecular formula is C13H20ClNO2S. The molecule has 0 radical (unpaired) electrons. The lowest BCUT2D eigenvalue weighted by molar-refractivity contribution is 0.545. The molecule has 18 heavy (non-hydrogen) atoms. The maximum Gasteiger partial charge on any atom is 0.240 e. The van der Waals surface area contributed by atoms with Gasteiger partial charge in [0.05, 0.1) is 4.90 Å². The normalized spacial score (nSPS) is 15.4. The number of rotatable bonds is 5. The fourth-order valence-corrected chi connectivity index (χ4v) is 3.36. The third-order valence-electron chi connectivity index (χ3n) is 2.82. The van der Waals surface area contributed by atoms with Crippen LogP contribution in [0.1, 0.15) is 31.4 Å². The van der Waals surface area contributed by atoms with Crippen molar-refractivity contribution in [3.63, 3.8) is 0 Å². The SMILES string of the molecule is Cc1ccc(S(=O)(=O)NC(C)CC(C)Cl)cc1C. The smallest absolute Gasteiger partial charge is 0.208 e. The van der Waals surface area contributed by atoms with Gasteiger partial charge in [-0.3, -0.25) is 0 Å². The zero-order valence-corrected chi connectivity index (χ0v) is 12.8. The van der Waals surface area contributed by atoms with Crippen molar-refractivity contribution < 1.29 is 8.42 Å². The van der Waals surface area contributed by atoms with Crippen molar-refractivity contribution in [2.24, 2.45) is 0 Å². The number of benzene rings is 1. The lowest BCUT2D eigenvalue weighted by Crippen LogP contribution is -2.34. The van der Waals surface area contributed by atoms with Crippen LogP contribution in [0.25, 0.3) is 0 Å². The summed E-state index contributed by atoms with van der Waals surface area (Å²) in [6.07, 6.45) is 0.603. The summed E-state index contributed by atoms with van der Waals surface area (Å²) in [7, 11) is -3.45. The first-order chi connectivity index (χ1) is 8.22. The van der Waals surface area contributed by atoms with Crippen LogP contribution in [-0.2, 0) is 10.0 Å². The Morgan fingerprint density at radius 1 is 1.22 bits per heavy atom. The number of sulfonamides is 1. The van der Waals surface area contributed by atoms with E-state index >= 15 is 0 Å². The van der Waals surface area contributed by atoms with E-state index in [0.29, 0.717) is 11.3 Å². The Morgan fingerprint density at radius 3 is 2.33 bits per heavy atom. The Bertz CT molecular complexity index is 512. The molecule has 0 aliphatic rings. The molecule has 102 valence electrons. The summed E-state index contributed by atoms with van der Waals surface area (Å²) >= 11 is 5.86. The third-order valence-corrected chi connectivity index (χ3v) is 4.59. The van der Waals surface area contributed by atoms with Crippen LogP contribution in [-0.4, -0.2) is 19.8 Å². The van der Waals surface area contributed by atoms with Crippen LogP contribution in [0.2, 0.25) is 0 Å². The summed E-state index contributed by atoms with van der Waals surface area (Å²) in [6.45, 7) is 7.52. The number of alkyl halides is 1. The Morgan fingerprint density at radius 2 is 1.83 bits per heavy atom. The van der Waals surface area contributed by atoms with E-state index in [1.807, 2.05) is 33.8 Å². The molecule has 1 N–H and O–H groups in total. The zero-order chi connectivity index (χ0) is 13.9. The van der Waals surface area contributed by atoms with Gasteiger partial charge < -0.3 is 0 Å². The predicted octanol–water partition coefficient (Wildman–Crippen LogP) is 2.99. The molecule has 1 aromatic carbocycles. The summed E-state index contributed by atoms with van der Waals surface area (Å²) in [4.78, 5) is 0.305. The van der Waals surface area contributed by atoms with E-state index < -0.39 is 10.0 Å². The first kappa shape index (κ1) is 15.5. The summed E-state index contributed by atoms with van der Waals surface area (Å²) in [5, 5.41) is -0.0533. The van der Waals surface area contributed by atoms with Crippen molar-refractivity contribution in [1.82, 2.24) is 4.72 Å². The minimum absolute atomic E-state index is 0.0533. The second kappa shape index (κ2) is 6.04. The average molecular weight is 290 g/mol. The summed E-state index contributed by atoms with van der Waals surface area (Å²) < 4.78 is 26.9. The molecule has 0 bridgehead atoms. The molecule has 0 amide bonds. The van der Waals surface area contributed by atoms with Gasteiger partial charge in [0.1, 0.15) is 0 Å². The number of hydrogen-bond donors (Lipinski definition) is 1. The van der Waals surface area contributed by atoms with Crippen LogP contribution < -0.4 is 4.72 Å². The van der Waals surface area contributed by atoms with E-state index in [0.717, 1.165) is 11.1 Å². The van der Waals surface area contributed by atoms with Gasteiger partial charge in [-0.15, -0.1) is 11.6 Å². The number of hydrogen-bond acceptors (Lipinski definition) is 2. The van der Waals surface area contributed by atoms with Crippen molar-refractivity contribution in [1.29, 1.82) is 0 Å². The van der Waals surface area contributed by atoms with Crippen LogP contribution in [0, 0.1) is 13.8 Å². The summed E-state index contributed by atoms with van der Waals surface area (Å²) in [5.74, 6) is 0. The lowest BCUT2D eigenvalue weighted by Gasteiger charge is -2.15. The van der Waals surface area contributed by atoms with Crippen LogP contribution >= 0.6 is 11.6 Å². The maximum absolute atomic E-state index is 12.1. The van der Waals surface area contributed by atoms with Crippen molar-refractivity contribution in [2.45, 2.75) is 50.4 Å². The fourth-order valence-electron chi connectivity index (χ4n) is 1.75. The molecule has 0 heterocycles. The van der Waals surface area contributed by atoms with Gasteiger partial charge in [0, 0.05) is 11.4 Å². The van der Waals surface area contributed by atoms with Gasteiger partial charge in [-0.1, -0.05) is 6.07 Å². The van der Waals surface area contributed by atoms with Gasteiger partial charge in [0.15, 0.2) is 0 Å². The summed E-state index contributed by atoms with van der Waals surface area (Å²) in [6, 6.07) is 4.96. The van der Waals surface area contributed by atoms with Gasteiger partial charge >= 0.3 is 0 Å². The molecular weight excluding hydrogens is 270 g/mol. The van der Waals surface area contributed by atoms with Crippen molar-refractivity contribution in [3.8, 4) is 0 Å². The molecule has 1 rings (SSSR count). The predicted molar refractivity (Wildman–Crippen MR) is 75.6 cm³/mol. The average Bonchev–Trinajstić information content (AvgIpc) is 2.19. The van der Waals surface area contributed by atoms with Gasteiger partial charge in [-0.2, -0.15) is 0 Å². The molecule has 0 saturated heterocycles. The monoisotopic (exact) mass is 289 g/mol. The topological polar surface area (TPSA) is 46.2 Å². The molecule has 2 unspecified atom stereocenters. The highest BCUT2D eigenvalue weighted by Crippen LogP contribution is 2.16. The molecule has 0 fully saturated rings. The minimum atomic E-state index is -3.45. The molecule has 5 heteroatoms. The first-order valence-corrected chi connectivity index (χ1v) is 7.88.